The lowest BCUT2D eigenvalue weighted by molar-refractivity contribution is -0.151. The average Bonchev–Trinajstić information content (AvgIpc) is 2.90. The molecule has 1 aliphatic heterocycles. The van der Waals surface area contributed by atoms with Crippen molar-refractivity contribution in [2.24, 2.45) is 5.92 Å². The van der Waals surface area contributed by atoms with Gasteiger partial charge in [0.2, 0.25) is 5.91 Å². The van der Waals surface area contributed by atoms with E-state index in [4.69, 9.17) is 13.9 Å². The second-order valence-electron chi connectivity index (χ2n) is 9.43. The molecule has 8 nitrogen and oxygen atoms in total. The molecule has 0 unspecified atom stereocenters. The summed E-state index contributed by atoms with van der Waals surface area (Å²) in [6.45, 7) is 5.19. The van der Waals surface area contributed by atoms with Crippen LogP contribution in [0.3, 0.4) is 0 Å². The molecule has 2 atom stereocenters. The number of hydrogen-bond acceptors (Lipinski definition) is 7. The van der Waals surface area contributed by atoms with E-state index in [9.17, 15) is 14.4 Å². The zero-order chi connectivity index (χ0) is 26.5. The summed E-state index contributed by atoms with van der Waals surface area (Å²) in [4.78, 5) is 41.9. The number of carbonyl (C=O) groups is 2. The van der Waals surface area contributed by atoms with Gasteiger partial charge < -0.3 is 23.7 Å². The number of ether oxygens (including phenoxy) is 2. The number of aryl methyl sites for hydroxylation is 1. The highest BCUT2D eigenvalue weighted by Gasteiger charge is 2.34. The third-order valence-electron chi connectivity index (χ3n) is 7.00. The Morgan fingerprint density at radius 3 is 2.68 bits per heavy atom. The Kier molecular flexibility index (Phi) is 8.28. The molecule has 1 aliphatic rings. The maximum Gasteiger partial charge on any atom is 0.336 e. The third kappa shape index (κ3) is 5.69. The van der Waals surface area contributed by atoms with Crippen molar-refractivity contribution in [3.05, 3.63) is 64.5 Å². The van der Waals surface area contributed by atoms with Gasteiger partial charge in [-0.25, -0.2) is 4.79 Å². The maximum atomic E-state index is 13.6. The Morgan fingerprint density at radius 2 is 1.95 bits per heavy atom. The van der Waals surface area contributed by atoms with Gasteiger partial charge in [0.25, 0.3) is 0 Å². The number of likely N-dealkylation sites (N-methyl/N-ethyl adjacent to an activating group) is 1. The Morgan fingerprint density at radius 1 is 1.16 bits per heavy atom. The fraction of sp³-hybridized carbons (Fsp3) is 0.414. The van der Waals surface area contributed by atoms with E-state index in [0.717, 1.165) is 28.5 Å². The van der Waals surface area contributed by atoms with Crippen LogP contribution in [0.5, 0.6) is 0 Å². The Labute approximate surface area is 216 Å². The third-order valence-corrected chi connectivity index (χ3v) is 7.00. The number of hydrogen-bond donors (Lipinski definition) is 0. The van der Waals surface area contributed by atoms with Gasteiger partial charge >= 0.3 is 11.6 Å². The molecule has 0 spiro atoms. The zero-order valence-corrected chi connectivity index (χ0v) is 21.9. The molecule has 0 aliphatic carbocycles. The Bertz CT molecular complexity index is 1330. The molecular weight excluding hydrogens is 472 g/mol. The monoisotopic (exact) mass is 506 g/mol. The summed E-state index contributed by atoms with van der Waals surface area (Å²) in [5.41, 5.74) is 3.56. The highest BCUT2D eigenvalue weighted by molar-refractivity contribution is 5.96. The van der Waals surface area contributed by atoms with E-state index in [0.29, 0.717) is 37.4 Å². The average molecular weight is 507 g/mol. The van der Waals surface area contributed by atoms with Crippen LogP contribution in [0.15, 0.2) is 57.7 Å². The molecular formula is C29H34N2O6. The van der Waals surface area contributed by atoms with Crippen molar-refractivity contribution in [1.29, 1.82) is 0 Å². The zero-order valence-electron chi connectivity index (χ0n) is 21.9. The van der Waals surface area contributed by atoms with Crippen LogP contribution in [0.25, 0.3) is 22.1 Å². The minimum Gasteiger partial charge on any atom is -0.466 e. The first-order chi connectivity index (χ1) is 17.8. The predicted molar refractivity (Wildman–Crippen MR) is 143 cm³/mol. The van der Waals surface area contributed by atoms with Gasteiger partial charge in [0.15, 0.2) is 0 Å². The molecule has 1 saturated heterocycles. The van der Waals surface area contributed by atoms with Crippen molar-refractivity contribution < 1.29 is 23.5 Å². The summed E-state index contributed by atoms with van der Waals surface area (Å²) in [5.74, 6) is -0.694. The molecule has 37 heavy (non-hydrogen) atoms. The van der Waals surface area contributed by atoms with Crippen molar-refractivity contribution >= 4 is 28.5 Å². The van der Waals surface area contributed by atoms with Crippen LogP contribution in [0.4, 0.5) is 5.69 Å². The van der Waals surface area contributed by atoms with Crippen LogP contribution in [-0.4, -0.2) is 63.3 Å². The number of esters is 1. The number of methoxy groups -OCH3 is 1. The summed E-state index contributed by atoms with van der Waals surface area (Å²) >= 11 is 0. The molecule has 1 aromatic heterocycles. The van der Waals surface area contributed by atoms with Crippen LogP contribution < -0.4 is 10.5 Å². The second kappa shape index (κ2) is 11.6. The first-order valence-corrected chi connectivity index (χ1v) is 12.6. The van der Waals surface area contributed by atoms with Crippen LogP contribution >= 0.6 is 0 Å². The quantitative estimate of drug-likeness (QED) is 0.337. The van der Waals surface area contributed by atoms with E-state index >= 15 is 0 Å². The summed E-state index contributed by atoms with van der Waals surface area (Å²) in [6, 6.07) is 14.4. The predicted octanol–water partition coefficient (Wildman–Crippen LogP) is 4.02. The topological polar surface area (TPSA) is 89.3 Å². The lowest BCUT2D eigenvalue weighted by Crippen LogP contribution is -2.53. The van der Waals surface area contributed by atoms with Crippen LogP contribution in [0.2, 0.25) is 0 Å². The lowest BCUT2D eigenvalue weighted by Gasteiger charge is -2.37. The molecule has 3 aromatic rings. The molecule has 8 heteroatoms. The molecule has 0 bridgehead atoms. The van der Waals surface area contributed by atoms with E-state index in [1.165, 1.54) is 6.07 Å². The van der Waals surface area contributed by atoms with Crippen molar-refractivity contribution in [1.82, 2.24) is 4.90 Å². The minimum atomic E-state index is -0.616. The van der Waals surface area contributed by atoms with E-state index in [1.54, 1.807) is 25.0 Å². The van der Waals surface area contributed by atoms with E-state index < -0.39 is 11.7 Å². The Hall–Kier alpha value is -3.65. The highest BCUT2D eigenvalue weighted by Crippen LogP contribution is 2.32. The first kappa shape index (κ1) is 26.4. The van der Waals surface area contributed by atoms with Crippen molar-refractivity contribution in [2.75, 3.05) is 45.4 Å². The summed E-state index contributed by atoms with van der Waals surface area (Å²) < 4.78 is 16.2. The molecule has 0 saturated carbocycles. The van der Waals surface area contributed by atoms with Crippen LogP contribution in [-0.2, 0) is 19.1 Å². The van der Waals surface area contributed by atoms with E-state index in [1.807, 2.05) is 55.3 Å². The second-order valence-corrected chi connectivity index (χ2v) is 9.43. The van der Waals surface area contributed by atoms with Gasteiger partial charge in [-0.3, -0.25) is 9.59 Å². The van der Waals surface area contributed by atoms with Gasteiger partial charge in [0, 0.05) is 56.0 Å². The molecule has 1 fully saturated rings. The number of carbonyl (C=O) groups excluding carboxylic acids is 2. The SMILES string of the molecule is CCOC(=O)[C@H]1CCCN(C(=O)[C@H](COC)N(C)c2ccc3c(-c4ccccc4C)cc(=O)oc3c2)C1. The fourth-order valence-corrected chi connectivity index (χ4v) is 5.00. The standard InChI is InChI=1S/C29H34N2O6/c1-5-36-29(34)20-10-8-14-31(17-20)28(33)25(18-35-4)30(3)21-12-13-23-24(16-27(32)37-26(23)15-21)22-11-7-6-9-19(22)2/h6-7,9,11-13,15-16,20,25H,5,8,10,14,17-18H2,1-4H3/t20-,25-/m0/s1. The molecule has 4 rings (SSSR count). The number of anilines is 1. The number of piperidine rings is 1. The van der Waals surface area contributed by atoms with Gasteiger partial charge in [-0.2, -0.15) is 0 Å². The van der Waals surface area contributed by atoms with Crippen molar-refractivity contribution in [3.63, 3.8) is 0 Å². The van der Waals surface area contributed by atoms with Gasteiger partial charge in [-0.1, -0.05) is 24.3 Å². The number of likely N-dealkylation sites (tertiary alicyclic amines) is 1. The van der Waals surface area contributed by atoms with Gasteiger partial charge in [0.05, 0.1) is 19.1 Å². The minimum absolute atomic E-state index is 0.117. The number of rotatable bonds is 8. The van der Waals surface area contributed by atoms with Gasteiger partial charge in [-0.05, 0) is 49.9 Å². The lowest BCUT2D eigenvalue weighted by atomic mass is 9.97. The van der Waals surface area contributed by atoms with E-state index in [2.05, 4.69) is 0 Å². The van der Waals surface area contributed by atoms with Crippen LogP contribution in [0.1, 0.15) is 25.3 Å². The molecule has 0 N–H and O–H groups in total. The van der Waals surface area contributed by atoms with E-state index in [-0.39, 0.29) is 24.4 Å². The molecule has 2 heterocycles. The molecule has 1 amide bonds. The fourth-order valence-electron chi connectivity index (χ4n) is 5.00. The molecule has 196 valence electrons. The van der Waals surface area contributed by atoms with Crippen molar-refractivity contribution in [2.45, 2.75) is 32.7 Å². The summed E-state index contributed by atoms with van der Waals surface area (Å²) in [7, 11) is 3.37. The summed E-state index contributed by atoms with van der Waals surface area (Å²) in [6.07, 6.45) is 1.45. The number of fused-ring (bicyclic) bond motifs is 1. The normalized spacial score (nSPS) is 16.4. The molecule has 2 aromatic carbocycles. The molecule has 0 radical (unpaired) electrons. The van der Waals surface area contributed by atoms with Crippen molar-refractivity contribution in [3.8, 4) is 11.1 Å². The van der Waals surface area contributed by atoms with Gasteiger partial charge in [-0.15, -0.1) is 0 Å². The van der Waals surface area contributed by atoms with Crippen LogP contribution in [0, 0.1) is 12.8 Å². The highest BCUT2D eigenvalue weighted by atomic mass is 16.5. The summed E-state index contributed by atoms with van der Waals surface area (Å²) in [5, 5.41) is 0.814. The smallest absolute Gasteiger partial charge is 0.336 e. The van der Waals surface area contributed by atoms with Gasteiger partial charge in [0.1, 0.15) is 11.6 Å². The Balaban J connectivity index is 1.63. The maximum absolute atomic E-state index is 13.6. The largest absolute Gasteiger partial charge is 0.466 e. The number of benzene rings is 2. The first-order valence-electron chi connectivity index (χ1n) is 12.6. The number of amides is 1. The number of nitrogens with zero attached hydrogens (tertiary/aromatic N) is 2.